The van der Waals surface area contributed by atoms with Gasteiger partial charge >= 0.3 is 6.03 Å². The first-order valence-corrected chi connectivity index (χ1v) is 8.07. The number of nitrogens with one attached hydrogen (secondary N) is 2. The van der Waals surface area contributed by atoms with Gasteiger partial charge in [0, 0.05) is 13.1 Å². The number of carbonyl (C=O) groups excluding carboxylic acids is 1. The Morgan fingerprint density at radius 1 is 1.32 bits per heavy atom. The summed E-state index contributed by atoms with van der Waals surface area (Å²) in [5.74, 6) is 0.152. The molecule has 0 radical (unpaired) electrons. The summed E-state index contributed by atoms with van der Waals surface area (Å²) in [4.78, 5) is 11.7. The van der Waals surface area contributed by atoms with Crippen molar-refractivity contribution in [1.82, 2.24) is 10.6 Å². The molecular formula is C17H25FN2O2. The van der Waals surface area contributed by atoms with E-state index in [1.54, 1.807) is 6.07 Å². The van der Waals surface area contributed by atoms with E-state index in [0.29, 0.717) is 19.0 Å². The second-order valence-electron chi connectivity index (χ2n) is 6.06. The predicted octanol–water partition coefficient (Wildman–Crippen LogP) is 2.61. The monoisotopic (exact) mass is 308 g/mol. The first-order chi connectivity index (χ1) is 10.6. The zero-order valence-corrected chi connectivity index (χ0v) is 12.9. The number of aliphatic hydroxyl groups is 1. The Bertz CT molecular complexity index is 481. The van der Waals surface area contributed by atoms with E-state index in [1.165, 1.54) is 12.1 Å². The minimum Gasteiger partial charge on any atom is -0.393 e. The molecule has 1 fully saturated rings. The highest BCUT2D eigenvalue weighted by Crippen LogP contribution is 2.23. The summed E-state index contributed by atoms with van der Waals surface area (Å²) in [7, 11) is 0. The number of halogens is 1. The van der Waals surface area contributed by atoms with Gasteiger partial charge in [-0.2, -0.15) is 0 Å². The molecule has 5 heteroatoms. The molecule has 0 aromatic heterocycles. The van der Waals surface area contributed by atoms with E-state index < -0.39 is 0 Å². The van der Waals surface area contributed by atoms with Crippen LogP contribution in [0.15, 0.2) is 24.3 Å². The van der Waals surface area contributed by atoms with Crippen LogP contribution < -0.4 is 10.6 Å². The van der Waals surface area contributed by atoms with E-state index >= 15 is 0 Å². The molecule has 3 N–H and O–H groups in total. The first-order valence-electron chi connectivity index (χ1n) is 8.07. The minimum atomic E-state index is -0.224. The Kier molecular flexibility index (Phi) is 6.65. The fourth-order valence-electron chi connectivity index (χ4n) is 2.93. The summed E-state index contributed by atoms with van der Waals surface area (Å²) < 4.78 is 13.0. The molecule has 1 aliphatic rings. The van der Waals surface area contributed by atoms with Gasteiger partial charge in [-0.1, -0.05) is 18.6 Å². The van der Waals surface area contributed by atoms with Gasteiger partial charge < -0.3 is 15.7 Å². The maximum Gasteiger partial charge on any atom is 0.314 e. The molecule has 0 aliphatic heterocycles. The third-order valence-electron chi connectivity index (χ3n) is 4.12. The van der Waals surface area contributed by atoms with E-state index in [4.69, 9.17) is 0 Å². The number of rotatable bonds is 6. The van der Waals surface area contributed by atoms with Gasteiger partial charge in [0.2, 0.25) is 0 Å². The van der Waals surface area contributed by atoms with Gasteiger partial charge in [0.1, 0.15) is 5.82 Å². The van der Waals surface area contributed by atoms with Crippen LogP contribution in [-0.4, -0.2) is 30.3 Å². The van der Waals surface area contributed by atoms with Crippen molar-refractivity contribution >= 4 is 6.03 Å². The van der Waals surface area contributed by atoms with Gasteiger partial charge in [-0.15, -0.1) is 0 Å². The Labute approximate surface area is 131 Å². The highest BCUT2D eigenvalue weighted by molar-refractivity contribution is 5.73. The number of amides is 2. The molecule has 2 unspecified atom stereocenters. The standard InChI is InChI=1S/C17H25FN2O2/c18-15-7-1-4-13(10-15)6-3-9-19-17(22)20-12-14-5-2-8-16(21)11-14/h1,4,7,10,14,16,21H,2-3,5-6,8-9,11-12H2,(H2,19,20,22). The van der Waals surface area contributed by atoms with E-state index in [1.807, 2.05) is 6.07 Å². The second kappa shape index (κ2) is 8.73. The highest BCUT2D eigenvalue weighted by Gasteiger charge is 2.20. The summed E-state index contributed by atoms with van der Waals surface area (Å²) in [6, 6.07) is 6.37. The fraction of sp³-hybridized carbons (Fsp3) is 0.588. The van der Waals surface area contributed by atoms with Crippen molar-refractivity contribution in [1.29, 1.82) is 0 Å². The zero-order chi connectivity index (χ0) is 15.8. The normalized spacial score (nSPS) is 21.4. The molecule has 0 bridgehead atoms. The summed E-state index contributed by atoms with van der Waals surface area (Å²) in [5.41, 5.74) is 0.943. The molecular weight excluding hydrogens is 283 g/mol. The first kappa shape index (κ1) is 16.7. The molecule has 2 rings (SSSR count). The number of hydrogen-bond donors (Lipinski definition) is 3. The van der Waals surface area contributed by atoms with Crippen LogP contribution in [-0.2, 0) is 6.42 Å². The molecule has 1 aromatic rings. The smallest absolute Gasteiger partial charge is 0.314 e. The summed E-state index contributed by atoms with van der Waals surface area (Å²) in [6.07, 6.45) is 5.06. The third kappa shape index (κ3) is 6.02. The predicted molar refractivity (Wildman–Crippen MR) is 84.1 cm³/mol. The van der Waals surface area contributed by atoms with Crippen LogP contribution in [0.5, 0.6) is 0 Å². The molecule has 0 saturated heterocycles. The minimum absolute atomic E-state index is 0.167. The molecule has 4 nitrogen and oxygen atoms in total. The zero-order valence-electron chi connectivity index (χ0n) is 12.9. The van der Waals surface area contributed by atoms with Crippen LogP contribution in [0.25, 0.3) is 0 Å². The van der Waals surface area contributed by atoms with E-state index in [0.717, 1.165) is 44.1 Å². The van der Waals surface area contributed by atoms with Gasteiger partial charge in [0.15, 0.2) is 0 Å². The molecule has 0 heterocycles. The number of aryl methyl sites for hydroxylation is 1. The molecule has 0 spiro atoms. The SMILES string of the molecule is O=C(NCCCc1cccc(F)c1)NCC1CCCC(O)C1. The molecule has 1 aromatic carbocycles. The average molecular weight is 308 g/mol. The van der Waals surface area contributed by atoms with Crippen LogP contribution in [0.2, 0.25) is 0 Å². The lowest BCUT2D eigenvalue weighted by Crippen LogP contribution is -2.40. The van der Waals surface area contributed by atoms with Gasteiger partial charge in [0.05, 0.1) is 6.10 Å². The Balaban J connectivity index is 1.56. The molecule has 1 aliphatic carbocycles. The van der Waals surface area contributed by atoms with Gasteiger partial charge in [-0.3, -0.25) is 0 Å². The fourth-order valence-corrected chi connectivity index (χ4v) is 2.93. The van der Waals surface area contributed by atoms with Crippen LogP contribution in [0.4, 0.5) is 9.18 Å². The molecule has 2 atom stereocenters. The third-order valence-corrected chi connectivity index (χ3v) is 4.12. The Morgan fingerprint density at radius 2 is 2.18 bits per heavy atom. The summed E-state index contributed by atoms with van der Waals surface area (Å²) in [6.45, 7) is 1.18. The second-order valence-corrected chi connectivity index (χ2v) is 6.06. The lowest BCUT2D eigenvalue weighted by molar-refractivity contribution is 0.101. The van der Waals surface area contributed by atoms with E-state index in [9.17, 15) is 14.3 Å². The van der Waals surface area contributed by atoms with Gasteiger partial charge in [-0.05, 0) is 55.7 Å². The van der Waals surface area contributed by atoms with Crippen molar-refractivity contribution in [3.63, 3.8) is 0 Å². The molecule has 2 amide bonds. The van der Waals surface area contributed by atoms with Crippen LogP contribution in [0.1, 0.15) is 37.7 Å². The molecule has 122 valence electrons. The number of hydrogen-bond acceptors (Lipinski definition) is 2. The quantitative estimate of drug-likeness (QED) is 0.707. The topological polar surface area (TPSA) is 61.4 Å². The van der Waals surface area contributed by atoms with Crippen molar-refractivity contribution in [2.45, 2.75) is 44.6 Å². The van der Waals surface area contributed by atoms with Crippen molar-refractivity contribution in [2.24, 2.45) is 5.92 Å². The summed E-state index contributed by atoms with van der Waals surface area (Å²) >= 11 is 0. The largest absolute Gasteiger partial charge is 0.393 e. The van der Waals surface area contributed by atoms with E-state index in [-0.39, 0.29) is 18.0 Å². The van der Waals surface area contributed by atoms with Crippen molar-refractivity contribution in [3.8, 4) is 0 Å². The van der Waals surface area contributed by atoms with Crippen LogP contribution in [0.3, 0.4) is 0 Å². The molecule has 1 saturated carbocycles. The lowest BCUT2D eigenvalue weighted by atomic mass is 9.87. The highest BCUT2D eigenvalue weighted by atomic mass is 19.1. The lowest BCUT2D eigenvalue weighted by Gasteiger charge is -2.25. The van der Waals surface area contributed by atoms with Crippen LogP contribution in [0, 0.1) is 11.7 Å². The number of aliphatic hydroxyl groups excluding tert-OH is 1. The Morgan fingerprint density at radius 3 is 2.95 bits per heavy atom. The van der Waals surface area contributed by atoms with Crippen LogP contribution >= 0.6 is 0 Å². The number of carbonyl (C=O) groups is 1. The van der Waals surface area contributed by atoms with Crippen molar-refractivity contribution in [3.05, 3.63) is 35.6 Å². The van der Waals surface area contributed by atoms with Crippen molar-refractivity contribution in [2.75, 3.05) is 13.1 Å². The van der Waals surface area contributed by atoms with Crippen molar-refractivity contribution < 1.29 is 14.3 Å². The maximum absolute atomic E-state index is 13.0. The van der Waals surface area contributed by atoms with Gasteiger partial charge in [0.25, 0.3) is 0 Å². The molecule has 22 heavy (non-hydrogen) atoms. The number of urea groups is 1. The average Bonchev–Trinajstić information content (AvgIpc) is 2.50. The van der Waals surface area contributed by atoms with E-state index in [2.05, 4.69) is 10.6 Å². The maximum atomic E-state index is 13.0. The number of benzene rings is 1. The van der Waals surface area contributed by atoms with Gasteiger partial charge in [-0.25, -0.2) is 9.18 Å². The Hall–Kier alpha value is -1.62. The summed E-state index contributed by atoms with van der Waals surface area (Å²) in [5, 5.41) is 15.3.